The van der Waals surface area contributed by atoms with Crippen molar-refractivity contribution < 1.29 is 14.3 Å². The summed E-state index contributed by atoms with van der Waals surface area (Å²) in [7, 11) is 1.59. The summed E-state index contributed by atoms with van der Waals surface area (Å²) >= 11 is 3.42. The van der Waals surface area contributed by atoms with E-state index >= 15 is 0 Å². The molecule has 17 heavy (non-hydrogen) atoms. The number of allylic oxidation sites excluding steroid dienone is 1. The maximum absolute atomic E-state index is 10.6. The number of rotatable bonds is 5. The number of methoxy groups -OCH3 is 1. The topological polar surface area (TPSA) is 35.5 Å². The SMILES string of the molecule is CCOc1cc(C=C(C)C=O)cc(Br)c1OC. The number of carbonyl (C=O) groups is 1. The number of aldehydes is 1. The molecule has 4 heteroatoms. The molecule has 1 aromatic carbocycles. The third-order valence-corrected chi connectivity index (χ3v) is 2.71. The highest BCUT2D eigenvalue weighted by atomic mass is 79.9. The van der Waals surface area contributed by atoms with Crippen LogP contribution in [-0.4, -0.2) is 20.0 Å². The lowest BCUT2D eigenvalue weighted by atomic mass is 10.1. The summed E-state index contributed by atoms with van der Waals surface area (Å²) in [6.07, 6.45) is 2.61. The zero-order chi connectivity index (χ0) is 12.8. The molecule has 0 heterocycles. The Morgan fingerprint density at radius 1 is 1.47 bits per heavy atom. The maximum Gasteiger partial charge on any atom is 0.174 e. The van der Waals surface area contributed by atoms with Gasteiger partial charge >= 0.3 is 0 Å². The molecule has 0 amide bonds. The fraction of sp³-hybridized carbons (Fsp3) is 0.308. The van der Waals surface area contributed by atoms with E-state index < -0.39 is 0 Å². The first-order valence-electron chi connectivity index (χ1n) is 5.26. The molecule has 1 aromatic rings. The Morgan fingerprint density at radius 2 is 2.18 bits per heavy atom. The molecule has 0 aromatic heterocycles. The lowest BCUT2D eigenvalue weighted by Gasteiger charge is -2.12. The second-order valence-corrected chi connectivity index (χ2v) is 4.33. The van der Waals surface area contributed by atoms with Crippen LogP contribution in [0.1, 0.15) is 19.4 Å². The summed E-state index contributed by atoms with van der Waals surface area (Å²) < 4.78 is 11.5. The van der Waals surface area contributed by atoms with E-state index in [0.717, 1.165) is 16.3 Å². The van der Waals surface area contributed by atoms with Crippen LogP contribution in [0, 0.1) is 0 Å². The molecule has 0 atom stereocenters. The molecule has 0 aliphatic carbocycles. The van der Waals surface area contributed by atoms with Gasteiger partial charge in [0.1, 0.15) is 6.29 Å². The summed E-state index contributed by atoms with van der Waals surface area (Å²) in [5.41, 5.74) is 1.55. The van der Waals surface area contributed by atoms with E-state index in [4.69, 9.17) is 9.47 Å². The maximum atomic E-state index is 10.6. The fourth-order valence-corrected chi connectivity index (χ4v) is 2.05. The molecular formula is C13H15BrO3. The molecule has 0 bridgehead atoms. The first-order valence-corrected chi connectivity index (χ1v) is 6.05. The van der Waals surface area contributed by atoms with Gasteiger partial charge in [-0.25, -0.2) is 0 Å². The van der Waals surface area contributed by atoms with Crippen LogP contribution < -0.4 is 9.47 Å². The van der Waals surface area contributed by atoms with Crippen molar-refractivity contribution in [2.75, 3.05) is 13.7 Å². The molecule has 0 unspecified atom stereocenters. The highest BCUT2D eigenvalue weighted by Gasteiger charge is 2.10. The minimum Gasteiger partial charge on any atom is -0.492 e. The number of hydrogen-bond donors (Lipinski definition) is 0. The summed E-state index contributed by atoms with van der Waals surface area (Å²) in [5, 5.41) is 0. The van der Waals surface area contributed by atoms with Crippen molar-refractivity contribution in [1.82, 2.24) is 0 Å². The van der Waals surface area contributed by atoms with Crippen LogP contribution in [0.2, 0.25) is 0 Å². The van der Waals surface area contributed by atoms with Gasteiger partial charge in [0.05, 0.1) is 18.2 Å². The minimum absolute atomic E-state index is 0.558. The second-order valence-electron chi connectivity index (χ2n) is 3.47. The van der Waals surface area contributed by atoms with Gasteiger partial charge in [-0.05, 0) is 59.1 Å². The summed E-state index contributed by atoms with van der Waals surface area (Å²) in [4.78, 5) is 10.6. The monoisotopic (exact) mass is 298 g/mol. The third kappa shape index (κ3) is 3.60. The molecule has 0 radical (unpaired) electrons. The molecule has 3 nitrogen and oxygen atoms in total. The lowest BCUT2D eigenvalue weighted by molar-refractivity contribution is -0.104. The van der Waals surface area contributed by atoms with Crippen LogP contribution in [0.15, 0.2) is 22.2 Å². The number of carbonyl (C=O) groups excluding carboxylic acids is 1. The van der Waals surface area contributed by atoms with E-state index in [2.05, 4.69) is 15.9 Å². The minimum atomic E-state index is 0.558. The summed E-state index contributed by atoms with van der Waals surface area (Å²) in [6.45, 7) is 4.22. The Kier molecular flexibility index (Phi) is 5.22. The Morgan fingerprint density at radius 3 is 2.71 bits per heavy atom. The van der Waals surface area contributed by atoms with Crippen molar-refractivity contribution in [1.29, 1.82) is 0 Å². The zero-order valence-corrected chi connectivity index (χ0v) is 11.7. The Hall–Kier alpha value is -1.29. The van der Waals surface area contributed by atoms with Gasteiger partial charge in [-0.15, -0.1) is 0 Å². The van der Waals surface area contributed by atoms with Crippen LogP contribution in [0.25, 0.3) is 6.08 Å². The average Bonchev–Trinajstić information content (AvgIpc) is 2.29. The Bertz CT molecular complexity index is 439. The largest absolute Gasteiger partial charge is 0.492 e. The number of halogens is 1. The predicted molar refractivity (Wildman–Crippen MR) is 71.6 cm³/mol. The van der Waals surface area contributed by atoms with E-state index in [-0.39, 0.29) is 0 Å². The number of ether oxygens (including phenoxy) is 2. The average molecular weight is 299 g/mol. The zero-order valence-electron chi connectivity index (χ0n) is 10.1. The predicted octanol–water partition coefficient (Wildman–Crippen LogP) is 3.46. The van der Waals surface area contributed by atoms with Crippen LogP contribution in [0.4, 0.5) is 0 Å². The van der Waals surface area contributed by atoms with Crippen LogP contribution >= 0.6 is 15.9 Å². The standard InChI is InChI=1S/C13H15BrO3/c1-4-17-12-7-10(5-9(2)8-15)6-11(14)13(12)16-3/h5-8H,4H2,1-3H3. The molecule has 0 aliphatic heterocycles. The van der Waals surface area contributed by atoms with Gasteiger partial charge in [0.2, 0.25) is 0 Å². The van der Waals surface area contributed by atoms with E-state index in [1.807, 2.05) is 19.1 Å². The van der Waals surface area contributed by atoms with Crippen LogP contribution in [0.3, 0.4) is 0 Å². The Labute approximate surface area is 110 Å². The fourth-order valence-electron chi connectivity index (χ4n) is 1.43. The van der Waals surface area contributed by atoms with Gasteiger partial charge in [0, 0.05) is 0 Å². The third-order valence-electron chi connectivity index (χ3n) is 2.12. The number of benzene rings is 1. The smallest absolute Gasteiger partial charge is 0.174 e. The van der Waals surface area contributed by atoms with Gasteiger partial charge in [-0.2, -0.15) is 0 Å². The molecule has 0 saturated carbocycles. The van der Waals surface area contributed by atoms with Gasteiger partial charge < -0.3 is 9.47 Å². The number of hydrogen-bond acceptors (Lipinski definition) is 3. The van der Waals surface area contributed by atoms with Gasteiger partial charge in [-0.3, -0.25) is 4.79 Å². The second kappa shape index (κ2) is 6.45. The molecule has 92 valence electrons. The summed E-state index contributed by atoms with van der Waals surface area (Å²) in [5.74, 6) is 1.32. The van der Waals surface area contributed by atoms with E-state index in [0.29, 0.717) is 23.7 Å². The molecule has 0 fully saturated rings. The van der Waals surface area contributed by atoms with Crippen molar-refractivity contribution >= 4 is 28.3 Å². The molecule has 0 saturated heterocycles. The van der Waals surface area contributed by atoms with E-state index in [9.17, 15) is 4.79 Å². The van der Waals surface area contributed by atoms with Crippen molar-refractivity contribution in [3.8, 4) is 11.5 Å². The first-order chi connectivity index (χ1) is 8.12. The van der Waals surface area contributed by atoms with Gasteiger partial charge in [0.25, 0.3) is 0 Å². The van der Waals surface area contributed by atoms with E-state index in [1.54, 1.807) is 20.1 Å². The molecule has 0 spiro atoms. The van der Waals surface area contributed by atoms with Crippen molar-refractivity contribution in [3.63, 3.8) is 0 Å². The van der Waals surface area contributed by atoms with Gasteiger partial charge in [0.15, 0.2) is 11.5 Å². The Balaban J connectivity index is 3.23. The quantitative estimate of drug-likeness (QED) is 0.617. The molecule has 0 aliphatic rings. The lowest BCUT2D eigenvalue weighted by Crippen LogP contribution is -1.96. The van der Waals surface area contributed by atoms with Crippen molar-refractivity contribution in [2.24, 2.45) is 0 Å². The normalized spacial score (nSPS) is 11.2. The first kappa shape index (κ1) is 13.8. The van der Waals surface area contributed by atoms with Gasteiger partial charge in [-0.1, -0.05) is 0 Å². The van der Waals surface area contributed by atoms with Crippen LogP contribution in [-0.2, 0) is 4.79 Å². The highest BCUT2D eigenvalue weighted by Crippen LogP contribution is 2.37. The molecule has 0 N–H and O–H groups in total. The van der Waals surface area contributed by atoms with Crippen molar-refractivity contribution in [2.45, 2.75) is 13.8 Å². The van der Waals surface area contributed by atoms with Crippen LogP contribution in [0.5, 0.6) is 11.5 Å². The van der Waals surface area contributed by atoms with Crippen molar-refractivity contribution in [3.05, 3.63) is 27.7 Å². The highest BCUT2D eigenvalue weighted by molar-refractivity contribution is 9.10. The summed E-state index contributed by atoms with van der Waals surface area (Å²) in [6, 6.07) is 3.73. The van der Waals surface area contributed by atoms with E-state index in [1.165, 1.54) is 0 Å². The molecular weight excluding hydrogens is 284 g/mol. The molecule has 1 rings (SSSR count).